The van der Waals surface area contributed by atoms with E-state index in [1.807, 2.05) is 18.2 Å². The number of thiophene rings is 1. The lowest BCUT2D eigenvalue weighted by Gasteiger charge is -2.02. The van der Waals surface area contributed by atoms with E-state index in [2.05, 4.69) is 22.1 Å². The SMILES string of the molecule is O=c1[nH]c(CSc2ccccc2)nc2sc3c(c12)CCC3. The molecule has 0 saturated heterocycles. The lowest BCUT2D eigenvalue weighted by atomic mass is 10.2. The Morgan fingerprint density at radius 1 is 1.24 bits per heavy atom. The van der Waals surface area contributed by atoms with Crippen LogP contribution >= 0.6 is 23.1 Å². The van der Waals surface area contributed by atoms with E-state index in [1.54, 1.807) is 23.1 Å². The molecular weight excluding hydrogens is 300 g/mol. The molecule has 0 amide bonds. The minimum atomic E-state index is 0.0306. The van der Waals surface area contributed by atoms with Crippen LogP contribution in [0.15, 0.2) is 40.0 Å². The molecule has 2 heterocycles. The van der Waals surface area contributed by atoms with Gasteiger partial charge in [0.1, 0.15) is 10.7 Å². The lowest BCUT2D eigenvalue weighted by molar-refractivity contribution is 0.916. The number of thioether (sulfide) groups is 1. The summed E-state index contributed by atoms with van der Waals surface area (Å²) in [5, 5.41) is 0.834. The fraction of sp³-hybridized carbons (Fsp3) is 0.250. The highest BCUT2D eigenvalue weighted by molar-refractivity contribution is 7.98. The third-order valence-electron chi connectivity index (χ3n) is 3.74. The molecule has 0 radical (unpaired) electrons. The Morgan fingerprint density at radius 2 is 2.10 bits per heavy atom. The zero-order chi connectivity index (χ0) is 14.2. The van der Waals surface area contributed by atoms with Gasteiger partial charge in [-0.2, -0.15) is 0 Å². The van der Waals surface area contributed by atoms with Crippen LogP contribution in [0.1, 0.15) is 22.7 Å². The molecule has 0 saturated carbocycles. The van der Waals surface area contributed by atoms with Crippen molar-refractivity contribution in [2.45, 2.75) is 29.9 Å². The minimum absolute atomic E-state index is 0.0306. The molecule has 0 bridgehead atoms. The van der Waals surface area contributed by atoms with Crippen molar-refractivity contribution in [1.29, 1.82) is 0 Å². The van der Waals surface area contributed by atoms with Crippen molar-refractivity contribution >= 4 is 33.3 Å². The highest BCUT2D eigenvalue weighted by Crippen LogP contribution is 2.34. The number of aromatic nitrogens is 2. The first kappa shape index (κ1) is 13.1. The Morgan fingerprint density at radius 3 is 2.95 bits per heavy atom. The number of benzene rings is 1. The summed E-state index contributed by atoms with van der Waals surface area (Å²) in [6.07, 6.45) is 3.30. The van der Waals surface area contributed by atoms with Gasteiger partial charge in [0.05, 0.1) is 11.1 Å². The van der Waals surface area contributed by atoms with Crippen molar-refractivity contribution in [2.24, 2.45) is 0 Å². The second-order valence-corrected chi connectivity index (χ2v) is 7.28. The minimum Gasteiger partial charge on any atom is -0.309 e. The van der Waals surface area contributed by atoms with Gasteiger partial charge in [0.15, 0.2) is 0 Å². The van der Waals surface area contributed by atoms with E-state index in [1.165, 1.54) is 21.8 Å². The van der Waals surface area contributed by atoms with E-state index in [-0.39, 0.29) is 5.56 Å². The summed E-state index contributed by atoms with van der Waals surface area (Å²) in [6, 6.07) is 10.2. The Hall–Kier alpha value is -1.59. The maximum Gasteiger partial charge on any atom is 0.259 e. The summed E-state index contributed by atoms with van der Waals surface area (Å²) in [4.78, 5) is 23.4. The van der Waals surface area contributed by atoms with Gasteiger partial charge >= 0.3 is 0 Å². The fourth-order valence-electron chi connectivity index (χ4n) is 2.78. The van der Waals surface area contributed by atoms with Crippen LogP contribution in [0.5, 0.6) is 0 Å². The zero-order valence-electron chi connectivity index (χ0n) is 11.4. The molecule has 21 heavy (non-hydrogen) atoms. The van der Waals surface area contributed by atoms with E-state index in [9.17, 15) is 4.79 Å². The van der Waals surface area contributed by atoms with Crippen LogP contribution in [0.4, 0.5) is 0 Å². The molecule has 4 rings (SSSR count). The third kappa shape index (κ3) is 2.40. The first-order valence-electron chi connectivity index (χ1n) is 7.02. The van der Waals surface area contributed by atoms with Crippen molar-refractivity contribution in [3.8, 4) is 0 Å². The summed E-state index contributed by atoms with van der Waals surface area (Å²) < 4.78 is 0. The van der Waals surface area contributed by atoms with Gasteiger partial charge in [0, 0.05) is 9.77 Å². The van der Waals surface area contributed by atoms with E-state index in [0.29, 0.717) is 5.75 Å². The Kier molecular flexibility index (Phi) is 3.31. The number of H-pyrrole nitrogens is 1. The molecule has 2 aromatic heterocycles. The predicted molar refractivity (Wildman–Crippen MR) is 88.3 cm³/mol. The molecule has 0 fully saturated rings. The van der Waals surface area contributed by atoms with E-state index < -0.39 is 0 Å². The van der Waals surface area contributed by atoms with Crippen LogP contribution in [0.2, 0.25) is 0 Å². The molecule has 0 atom stereocenters. The van der Waals surface area contributed by atoms with Gasteiger partial charge in [-0.1, -0.05) is 18.2 Å². The van der Waals surface area contributed by atoms with Crippen LogP contribution in [-0.2, 0) is 18.6 Å². The molecule has 1 N–H and O–H groups in total. The number of rotatable bonds is 3. The van der Waals surface area contributed by atoms with Gasteiger partial charge in [-0.05, 0) is 37.0 Å². The fourth-order valence-corrected chi connectivity index (χ4v) is 4.85. The third-order valence-corrected chi connectivity index (χ3v) is 5.95. The maximum atomic E-state index is 12.3. The summed E-state index contributed by atoms with van der Waals surface area (Å²) in [5.41, 5.74) is 1.27. The average Bonchev–Trinajstić information content (AvgIpc) is 3.06. The zero-order valence-corrected chi connectivity index (χ0v) is 13.0. The Labute approximate surface area is 130 Å². The topological polar surface area (TPSA) is 45.8 Å². The molecule has 1 aliphatic rings. The average molecular weight is 314 g/mol. The molecule has 0 unspecified atom stereocenters. The first-order chi connectivity index (χ1) is 10.3. The Bertz CT molecular complexity index is 852. The largest absolute Gasteiger partial charge is 0.309 e. The monoisotopic (exact) mass is 314 g/mol. The van der Waals surface area contributed by atoms with Crippen LogP contribution < -0.4 is 5.56 Å². The predicted octanol–water partition coefficient (Wildman–Crippen LogP) is 3.77. The number of nitrogens with one attached hydrogen (secondary N) is 1. The van der Waals surface area contributed by atoms with Crippen molar-refractivity contribution in [2.75, 3.05) is 0 Å². The second kappa shape index (κ2) is 5.31. The van der Waals surface area contributed by atoms with Crippen molar-refractivity contribution in [3.63, 3.8) is 0 Å². The van der Waals surface area contributed by atoms with Gasteiger partial charge < -0.3 is 4.98 Å². The van der Waals surface area contributed by atoms with Crippen LogP contribution in [0, 0.1) is 0 Å². The molecule has 0 spiro atoms. The van der Waals surface area contributed by atoms with Gasteiger partial charge in [0.2, 0.25) is 0 Å². The first-order valence-corrected chi connectivity index (χ1v) is 8.83. The summed E-state index contributed by atoms with van der Waals surface area (Å²) >= 11 is 3.39. The maximum absolute atomic E-state index is 12.3. The van der Waals surface area contributed by atoms with E-state index in [4.69, 9.17) is 0 Å². The summed E-state index contributed by atoms with van der Waals surface area (Å²) in [5.74, 6) is 1.46. The molecule has 3 aromatic rings. The molecule has 1 aliphatic carbocycles. The second-order valence-electron chi connectivity index (χ2n) is 5.15. The van der Waals surface area contributed by atoms with Crippen LogP contribution in [0.25, 0.3) is 10.2 Å². The molecule has 0 aliphatic heterocycles. The standard InChI is InChI=1S/C16H14N2OS2/c19-15-14-11-7-4-8-12(11)21-16(14)18-13(17-15)9-20-10-5-2-1-3-6-10/h1-3,5-6H,4,7-9H2,(H,17,18,19). The smallest absolute Gasteiger partial charge is 0.259 e. The van der Waals surface area contributed by atoms with E-state index >= 15 is 0 Å². The van der Waals surface area contributed by atoms with Crippen molar-refractivity contribution < 1.29 is 0 Å². The molecule has 106 valence electrons. The van der Waals surface area contributed by atoms with E-state index in [0.717, 1.165) is 28.9 Å². The number of aryl methyl sites for hydroxylation is 2. The highest BCUT2D eigenvalue weighted by Gasteiger charge is 2.20. The number of fused-ring (bicyclic) bond motifs is 3. The Balaban J connectivity index is 1.66. The van der Waals surface area contributed by atoms with Crippen LogP contribution in [-0.4, -0.2) is 9.97 Å². The lowest BCUT2D eigenvalue weighted by Crippen LogP contribution is -2.11. The van der Waals surface area contributed by atoms with Crippen molar-refractivity contribution in [3.05, 3.63) is 57.0 Å². The number of hydrogen-bond donors (Lipinski definition) is 1. The van der Waals surface area contributed by atoms with Gasteiger partial charge in [-0.3, -0.25) is 4.79 Å². The van der Waals surface area contributed by atoms with Gasteiger partial charge in [-0.15, -0.1) is 23.1 Å². The highest BCUT2D eigenvalue weighted by atomic mass is 32.2. The van der Waals surface area contributed by atoms with Gasteiger partial charge in [-0.25, -0.2) is 4.98 Å². The number of nitrogens with zero attached hydrogens (tertiary/aromatic N) is 1. The molecule has 5 heteroatoms. The quantitative estimate of drug-likeness (QED) is 0.749. The molecule has 3 nitrogen and oxygen atoms in total. The van der Waals surface area contributed by atoms with Gasteiger partial charge in [0.25, 0.3) is 5.56 Å². The number of aromatic amines is 1. The van der Waals surface area contributed by atoms with Crippen molar-refractivity contribution in [1.82, 2.24) is 9.97 Å². The molecule has 1 aromatic carbocycles. The van der Waals surface area contributed by atoms with Crippen LogP contribution in [0.3, 0.4) is 0 Å². The summed E-state index contributed by atoms with van der Waals surface area (Å²) in [7, 11) is 0. The number of hydrogen-bond acceptors (Lipinski definition) is 4. The normalized spacial score (nSPS) is 13.7. The molecular formula is C16H14N2OS2. The summed E-state index contributed by atoms with van der Waals surface area (Å²) in [6.45, 7) is 0.